The van der Waals surface area contributed by atoms with E-state index >= 15 is 0 Å². The molecule has 2 aromatic carbocycles. The molecule has 1 fully saturated rings. The third kappa shape index (κ3) is 4.42. The first-order valence-corrected chi connectivity index (χ1v) is 8.54. The van der Waals surface area contributed by atoms with Crippen LogP contribution in [0.2, 0.25) is 0 Å². The van der Waals surface area contributed by atoms with Crippen molar-refractivity contribution in [3.63, 3.8) is 0 Å². The van der Waals surface area contributed by atoms with E-state index in [9.17, 15) is 0 Å². The van der Waals surface area contributed by atoms with Crippen LogP contribution in [0.5, 0.6) is 0 Å². The van der Waals surface area contributed by atoms with E-state index < -0.39 is 0 Å². The van der Waals surface area contributed by atoms with E-state index in [1.165, 1.54) is 29.5 Å². The fourth-order valence-electron chi connectivity index (χ4n) is 2.78. The third-order valence-electron chi connectivity index (χ3n) is 4.11. The molecule has 1 nitrogen and oxygen atoms in total. The van der Waals surface area contributed by atoms with Gasteiger partial charge in [-0.15, -0.1) is 0 Å². The molecule has 0 heterocycles. The zero-order valence-corrected chi connectivity index (χ0v) is 14.1. The molecule has 0 amide bonds. The van der Waals surface area contributed by atoms with Gasteiger partial charge in [0.15, 0.2) is 0 Å². The molecule has 1 aliphatic carbocycles. The maximum atomic E-state index is 3.70. The van der Waals surface area contributed by atoms with Gasteiger partial charge in [0.05, 0.1) is 0 Å². The fraction of sp³-hybridized carbons (Fsp3) is 0.368. The highest BCUT2D eigenvalue weighted by molar-refractivity contribution is 9.10. The normalized spacial score (nSPS) is 15.9. The molecule has 2 heteroatoms. The Bertz CT molecular complexity index is 604. The van der Waals surface area contributed by atoms with Crippen molar-refractivity contribution in [3.05, 3.63) is 69.7 Å². The van der Waals surface area contributed by atoms with Crippen LogP contribution in [-0.4, -0.2) is 12.6 Å². The van der Waals surface area contributed by atoms with E-state index in [1.807, 2.05) is 0 Å². The minimum Gasteiger partial charge on any atom is -0.313 e. The van der Waals surface area contributed by atoms with Gasteiger partial charge in [0, 0.05) is 23.0 Å². The molecular weight excluding hydrogens is 322 g/mol. The molecule has 0 aliphatic heterocycles. The van der Waals surface area contributed by atoms with Crippen molar-refractivity contribution >= 4 is 15.9 Å². The summed E-state index contributed by atoms with van der Waals surface area (Å²) >= 11 is 3.58. The quantitative estimate of drug-likeness (QED) is 0.791. The van der Waals surface area contributed by atoms with Crippen molar-refractivity contribution < 1.29 is 0 Å². The Morgan fingerprint density at radius 2 is 1.95 bits per heavy atom. The Kier molecular flexibility index (Phi) is 4.77. The van der Waals surface area contributed by atoms with E-state index in [1.54, 1.807) is 0 Å². The topological polar surface area (TPSA) is 12.0 Å². The molecule has 1 unspecified atom stereocenters. The lowest BCUT2D eigenvalue weighted by molar-refractivity contribution is 0.577. The van der Waals surface area contributed by atoms with Gasteiger partial charge in [0.2, 0.25) is 0 Å². The summed E-state index contributed by atoms with van der Waals surface area (Å²) in [5.41, 5.74) is 4.19. The summed E-state index contributed by atoms with van der Waals surface area (Å²) in [5.74, 6) is 0.541. The van der Waals surface area contributed by atoms with Gasteiger partial charge in [-0.3, -0.25) is 0 Å². The van der Waals surface area contributed by atoms with E-state index in [2.05, 4.69) is 76.7 Å². The number of nitrogens with one attached hydrogen (secondary N) is 1. The molecular formula is C19H22BrN. The maximum absolute atomic E-state index is 3.70. The van der Waals surface area contributed by atoms with Gasteiger partial charge in [-0.05, 0) is 49.4 Å². The number of aryl methyl sites for hydroxylation is 1. The van der Waals surface area contributed by atoms with E-state index in [0.717, 1.165) is 23.5 Å². The van der Waals surface area contributed by atoms with E-state index in [4.69, 9.17) is 0 Å². The molecule has 0 radical (unpaired) electrons. The van der Waals surface area contributed by atoms with Gasteiger partial charge in [-0.2, -0.15) is 0 Å². The Hall–Kier alpha value is -1.12. The summed E-state index contributed by atoms with van der Waals surface area (Å²) in [6.07, 6.45) is 3.78. The summed E-state index contributed by atoms with van der Waals surface area (Å²) in [7, 11) is 0. The standard InChI is InChI=1S/C19H22BrN/c1-14-4-2-6-16(10-14)17(13-21-19-8-9-19)11-15-5-3-7-18(20)12-15/h2-7,10,12,17,19,21H,8-9,11,13H2,1H3. The van der Waals surface area contributed by atoms with Crippen molar-refractivity contribution in [2.45, 2.75) is 38.1 Å². The van der Waals surface area contributed by atoms with Gasteiger partial charge in [0.1, 0.15) is 0 Å². The molecule has 3 rings (SSSR count). The summed E-state index contributed by atoms with van der Waals surface area (Å²) in [4.78, 5) is 0. The van der Waals surface area contributed by atoms with Gasteiger partial charge >= 0.3 is 0 Å². The van der Waals surface area contributed by atoms with Crippen molar-refractivity contribution in [2.75, 3.05) is 6.54 Å². The van der Waals surface area contributed by atoms with E-state index in [-0.39, 0.29) is 0 Å². The summed E-state index contributed by atoms with van der Waals surface area (Å²) in [6, 6.07) is 18.4. The van der Waals surface area contributed by atoms with Gasteiger partial charge in [-0.25, -0.2) is 0 Å². The summed E-state index contributed by atoms with van der Waals surface area (Å²) in [6.45, 7) is 3.24. The highest BCUT2D eigenvalue weighted by Gasteiger charge is 2.22. The van der Waals surface area contributed by atoms with Crippen LogP contribution in [-0.2, 0) is 6.42 Å². The van der Waals surface area contributed by atoms with Crippen LogP contribution < -0.4 is 5.32 Å². The third-order valence-corrected chi connectivity index (χ3v) is 4.61. The summed E-state index contributed by atoms with van der Waals surface area (Å²) < 4.78 is 1.16. The molecule has 0 aromatic heterocycles. The molecule has 0 spiro atoms. The molecule has 110 valence electrons. The number of benzene rings is 2. The second-order valence-electron chi connectivity index (χ2n) is 6.13. The number of halogens is 1. The van der Waals surface area contributed by atoms with Crippen molar-refractivity contribution in [1.29, 1.82) is 0 Å². The predicted octanol–water partition coefficient (Wildman–Crippen LogP) is 4.84. The average molecular weight is 344 g/mol. The predicted molar refractivity (Wildman–Crippen MR) is 92.8 cm³/mol. The zero-order valence-electron chi connectivity index (χ0n) is 12.5. The van der Waals surface area contributed by atoms with Crippen molar-refractivity contribution in [1.82, 2.24) is 5.32 Å². The first-order chi connectivity index (χ1) is 10.2. The fourth-order valence-corrected chi connectivity index (χ4v) is 3.22. The minimum absolute atomic E-state index is 0.541. The Morgan fingerprint density at radius 3 is 2.67 bits per heavy atom. The van der Waals surface area contributed by atoms with Crippen LogP contribution in [0.15, 0.2) is 53.0 Å². The first-order valence-electron chi connectivity index (χ1n) is 7.75. The number of rotatable bonds is 6. The molecule has 2 aromatic rings. The van der Waals surface area contributed by atoms with Crippen LogP contribution in [0.3, 0.4) is 0 Å². The highest BCUT2D eigenvalue weighted by atomic mass is 79.9. The molecule has 1 aliphatic rings. The van der Waals surface area contributed by atoms with Gasteiger partial charge in [-0.1, -0.05) is 57.9 Å². The Balaban J connectivity index is 1.77. The smallest absolute Gasteiger partial charge is 0.0177 e. The first kappa shape index (κ1) is 14.8. The monoisotopic (exact) mass is 343 g/mol. The zero-order chi connectivity index (χ0) is 14.7. The molecule has 0 bridgehead atoms. The Morgan fingerprint density at radius 1 is 1.14 bits per heavy atom. The molecule has 1 N–H and O–H groups in total. The van der Waals surface area contributed by atoms with Crippen LogP contribution in [0, 0.1) is 6.92 Å². The van der Waals surface area contributed by atoms with Gasteiger partial charge < -0.3 is 5.32 Å². The molecule has 21 heavy (non-hydrogen) atoms. The second-order valence-corrected chi connectivity index (χ2v) is 7.04. The second kappa shape index (κ2) is 6.76. The lowest BCUT2D eigenvalue weighted by Gasteiger charge is -2.19. The van der Waals surface area contributed by atoms with Gasteiger partial charge in [0.25, 0.3) is 0 Å². The maximum Gasteiger partial charge on any atom is 0.0177 e. The molecule has 0 saturated heterocycles. The number of hydrogen-bond acceptors (Lipinski definition) is 1. The van der Waals surface area contributed by atoms with E-state index in [0.29, 0.717) is 5.92 Å². The largest absolute Gasteiger partial charge is 0.313 e. The van der Waals surface area contributed by atoms with Crippen molar-refractivity contribution in [3.8, 4) is 0 Å². The highest BCUT2D eigenvalue weighted by Crippen LogP contribution is 2.25. The summed E-state index contributed by atoms with van der Waals surface area (Å²) in [5, 5.41) is 3.70. The van der Waals surface area contributed by atoms with Crippen LogP contribution in [0.1, 0.15) is 35.4 Å². The lowest BCUT2D eigenvalue weighted by Crippen LogP contribution is -2.24. The van der Waals surface area contributed by atoms with Crippen molar-refractivity contribution in [2.24, 2.45) is 0 Å². The lowest BCUT2D eigenvalue weighted by atomic mass is 9.91. The minimum atomic E-state index is 0.541. The SMILES string of the molecule is Cc1cccc(C(CNC2CC2)Cc2cccc(Br)c2)c1. The number of hydrogen-bond donors (Lipinski definition) is 1. The van der Waals surface area contributed by atoms with Crippen LogP contribution >= 0.6 is 15.9 Å². The molecule has 1 saturated carbocycles. The van der Waals surface area contributed by atoms with Crippen LogP contribution in [0.4, 0.5) is 0 Å². The average Bonchev–Trinajstić information content (AvgIpc) is 3.27. The Labute approximate surface area is 135 Å². The molecule has 1 atom stereocenters. The van der Waals surface area contributed by atoms with Crippen LogP contribution in [0.25, 0.3) is 0 Å².